The molecule has 0 aromatic carbocycles. The van der Waals surface area contributed by atoms with Gasteiger partial charge < -0.3 is 10.6 Å². The van der Waals surface area contributed by atoms with E-state index in [4.69, 9.17) is 0 Å². The normalized spacial score (nSPS) is 8.50. The highest BCUT2D eigenvalue weighted by Gasteiger charge is 1.91. The highest BCUT2D eigenvalue weighted by atomic mass is 16.2. The summed E-state index contributed by atoms with van der Waals surface area (Å²) in [7, 11) is 1.60. The summed E-state index contributed by atoms with van der Waals surface area (Å²) in [5.74, 6) is 0. The molecule has 0 bridgehead atoms. The van der Waals surface area contributed by atoms with E-state index in [9.17, 15) is 4.79 Å². The zero-order valence-electron chi connectivity index (χ0n) is 6.31. The number of nitrogens with one attached hydrogen (secondary N) is 2. The first-order valence-corrected chi connectivity index (χ1v) is 3.37. The molecule has 0 heterocycles. The maximum Gasteiger partial charge on any atom is 0.314 e. The molecule has 0 aliphatic heterocycles. The number of hydrogen-bond donors (Lipinski definition) is 2. The van der Waals surface area contributed by atoms with Gasteiger partial charge in [0.25, 0.3) is 0 Å². The molecular formula is C7H14N2O. The van der Waals surface area contributed by atoms with E-state index in [2.05, 4.69) is 17.2 Å². The van der Waals surface area contributed by atoms with Crippen molar-refractivity contribution in [2.45, 2.75) is 12.8 Å². The molecular weight excluding hydrogens is 128 g/mol. The summed E-state index contributed by atoms with van der Waals surface area (Å²) in [5.41, 5.74) is 0. The van der Waals surface area contributed by atoms with Gasteiger partial charge in [-0.2, -0.15) is 0 Å². The molecule has 3 heteroatoms. The van der Waals surface area contributed by atoms with Crippen molar-refractivity contribution in [1.82, 2.24) is 10.6 Å². The van der Waals surface area contributed by atoms with E-state index >= 15 is 0 Å². The summed E-state index contributed by atoms with van der Waals surface area (Å²) < 4.78 is 0. The number of urea groups is 1. The van der Waals surface area contributed by atoms with Crippen LogP contribution in [0.2, 0.25) is 0 Å². The highest BCUT2D eigenvalue weighted by Crippen LogP contribution is 1.85. The van der Waals surface area contributed by atoms with Crippen LogP contribution in [0.5, 0.6) is 0 Å². The van der Waals surface area contributed by atoms with Gasteiger partial charge in [-0.25, -0.2) is 4.79 Å². The van der Waals surface area contributed by atoms with Gasteiger partial charge in [0, 0.05) is 13.6 Å². The topological polar surface area (TPSA) is 41.1 Å². The van der Waals surface area contributed by atoms with Crippen molar-refractivity contribution in [3.05, 3.63) is 12.7 Å². The third-order valence-electron chi connectivity index (χ3n) is 1.10. The van der Waals surface area contributed by atoms with Crippen LogP contribution >= 0.6 is 0 Å². The zero-order valence-corrected chi connectivity index (χ0v) is 6.31. The third kappa shape index (κ3) is 5.15. The van der Waals surface area contributed by atoms with E-state index in [1.165, 1.54) is 0 Å². The SMILES string of the molecule is C=CCCCNC(=O)NC. The number of allylic oxidation sites excluding steroid dienone is 1. The Morgan fingerprint density at radius 1 is 1.70 bits per heavy atom. The van der Waals surface area contributed by atoms with Gasteiger partial charge >= 0.3 is 6.03 Å². The van der Waals surface area contributed by atoms with Crippen LogP contribution in [0.4, 0.5) is 4.79 Å². The van der Waals surface area contributed by atoms with E-state index in [1.807, 2.05) is 6.08 Å². The second-order valence-corrected chi connectivity index (χ2v) is 1.94. The fourth-order valence-corrected chi connectivity index (χ4v) is 0.537. The molecule has 3 nitrogen and oxygen atoms in total. The third-order valence-corrected chi connectivity index (χ3v) is 1.10. The van der Waals surface area contributed by atoms with Gasteiger partial charge in [-0.3, -0.25) is 0 Å². The molecule has 0 fully saturated rings. The predicted octanol–water partition coefficient (Wildman–Crippen LogP) is 0.882. The van der Waals surface area contributed by atoms with Crippen molar-refractivity contribution in [3.63, 3.8) is 0 Å². The van der Waals surface area contributed by atoms with Crippen LogP contribution in [0.1, 0.15) is 12.8 Å². The van der Waals surface area contributed by atoms with Crippen LogP contribution in [-0.2, 0) is 0 Å². The van der Waals surface area contributed by atoms with Crippen molar-refractivity contribution < 1.29 is 4.79 Å². The molecule has 0 aromatic rings. The summed E-state index contributed by atoms with van der Waals surface area (Å²) in [5, 5.41) is 5.14. The summed E-state index contributed by atoms with van der Waals surface area (Å²) in [6, 6.07) is -0.121. The average molecular weight is 142 g/mol. The molecule has 2 N–H and O–H groups in total. The maximum absolute atomic E-state index is 10.5. The predicted molar refractivity (Wildman–Crippen MR) is 41.9 cm³/mol. The Morgan fingerprint density at radius 3 is 2.90 bits per heavy atom. The van der Waals surface area contributed by atoms with E-state index in [1.54, 1.807) is 7.05 Å². The number of unbranched alkanes of at least 4 members (excludes halogenated alkanes) is 1. The minimum atomic E-state index is -0.121. The van der Waals surface area contributed by atoms with Gasteiger partial charge in [0.1, 0.15) is 0 Å². The number of rotatable bonds is 4. The lowest BCUT2D eigenvalue weighted by atomic mass is 10.3. The number of hydrogen-bond acceptors (Lipinski definition) is 1. The first kappa shape index (κ1) is 9.01. The van der Waals surface area contributed by atoms with Gasteiger partial charge in [-0.1, -0.05) is 6.08 Å². The lowest BCUT2D eigenvalue weighted by Crippen LogP contribution is -2.33. The Labute approximate surface area is 61.5 Å². The Morgan fingerprint density at radius 2 is 2.40 bits per heavy atom. The van der Waals surface area contributed by atoms with Crippen molar-refractivity contribution in [2.75, 3.05) is 13.6 Å². The summed E-state index contributed by atoms with van der Waals surface area (Å²) in [6.07, 6.45) is 3.74. The first-order valence-electron chi connectivity index (χ1n) is 3.37. The van der Waals surface area contributed by atoms with E-state index in [0.29, 0.717) is 6.54 Å². The summed E-state index contributed by atoms with van der Waals surface area (Å²) >= 11 is 0. The Kier molecular flexibility index (Phi) is 5.53. The second kappa shape index (κ2) is 6.13. The molecule has 0 saturated heterocycles. The van der Waals surface area contributed by atoms with Crippen LogP contribution in [0.25, 0.3) is 0 Å². The highest BCUT2D eigenvalue weighted by molar-refractivity contribution is 5.73. The van der Waals surface area contributed by atoms with Gasteiger partial charge in [0.15, 0.2) is 0 Å². The average Bonchev–Trinajstić information content (AvgIpc) is 1.98. The van der Waals surface area contributed by atoms with Gasteiger partial charge in [0.2, 0.25) is 0 Å². The number of carbonyl (C=O) groups is 1. The van der Waals surface area contributed by atoms with Crippen molar-refractivity contribution in [1.29, 1.82) is 0 Å². The molecule has 0 spiro atoms. The molecule has 0 aromatic heterocycles. The van der Waals surface area contributed by atoms with E-state index in [0.717, 1.165) is 12.8 Å². The van der Waals surface area contributed by atoms with Crippen molar-refractivity contribution >= 4 is 6.03 Å². The quantitative estimate of drug-likeness (QED) is 0.444. The Balaban J connectivity index is 3.03. The molecule has 0 aliphatic rings. The lowest BCUT2D eigenvalue weighted by Gasteiger charge is -2.00. The minimum absolute atomic E-state index is 0.121. The van der Waals surface area contributed by atoms with Crippen LogP contribution < -0.4 is 10.6 Å². The number of amides is 2. The summed E-state index contributed by atoms with van der Waals surface area (Å²) in [6.45, 7) is 4.28. The molecule has 2 amide bonds. The molecule has 58 valence electrons. The van der Waals surface area contributed by atoms with Crippen LogP contribution in [-0.4, -0.2) is 19.6 Å². The van der Waals surface area contributed by atoms with Gasteiger partial charge in [0.05, 0.1) is 0 Å². The van der Waals surface area contributed by atoms with Crippen molar-refractivity contribution in [2.24, 2.45) is 0 Å². The first-order chi connectivity index (χ1) is 4.81. The fraction of sp³-hybridized carbons (Fsp3) is 0.571. The van der Waals surface area contributed by atoms with Crippen LogP contribution in [0, 0.1) is 0 Å². The summed E-state index contributed by atoms with van der Waals surface area (Å²) in [4.78, 5) is 10.5. The van der Waals surface area contributed by atoms with Gasteiger partial charge in [-0.15, -0.1) is 6.58 Å². The largest absolute Gasteiger partial charge is 0.341 e. The monoisotopic (exact) mass is 142 g/mol. The number of carbonyl (C=O) groups excluding carboxylic acids is 1. The minimum Gasteiger partial charge on any atom is -0.341 e. The fourth-order valence-electron chi connectivity index (χ4n) is 0.537. The molecule has 0 radical (unpaired) electrons. The molecule has 0 saturated carbocycles. The molecule has 0 unspecified atom stereocenters. The second-order valence-electron chi connectivity index (χ2n) is 1.94. The molecule has 10 heavy (non-hydrogen) atoms. The van der Waals surface area contributed by atoms with Crippen LogP contribution in [0.3, 0.4) is 0 Å². The zero-order chi connectivity index (χ0) is 7.82. The lowest BCUT2D eigenvalue weighted by molar-refractivity contribution is 0.243. The van der Waals surface area contributed by atoms with E-state index < -0.39 is 0 Å². The molecule has 0 rings (SSSR count). The van der Waals surface area contributed by atoms with Crippen molar-refractivity contribution in [3.8, 4) is 0 Å². The standard InChI is InChI=1S/C7H14N2O/c1-3-4-5-6-9-7(10)8-2/h3H,1,4-6H2,2H3,(H2,8,9,10). The van der Waals surface area contributed by atoms with Crippen LogP contribution in [0.15, 0.2) is 12.7 Å². The maximum atomic E-state index is 10.5. The molecule has 0 aliphatic carbocycles. The molecule has 0 atom stereocenters. The van der Waals surface area contributed by atoms with E-state index in [-0.39, 0.29) is 6.03 Å². The smallest absolute Gasteiger partial charge is 0.314 e. The Bertz CT molecular complexity index is 112. The Hall–Kier alpha value is -0.990. The van der Waals surface area contributed by atoms with Gasteiger partial charge in [-0.05, 0) is 12.8 Å².